The van der Waals surface area contributed by atoms with Gasteiger partial charge in [0.25, 0.3) is 0 Å². The summed E-state index contributed by atoms with van der Waals surface area (Å²) in [7, 11) is -2.04. The molecule has 0 unspecified atom stereocenters. The van der Waals surface area contributed by atoms with Gasteiger partial charge in [-0.25, -0.2) is 0 Å². The maximum absolute atomic E-state index is 2.61. The number of hydrogen-bond donors (Lipinski definition) is 0. The Labute approximate surface area is 356 Å². The molecule has 0 saturated carbocycles. The summed E-state index contributed by atoms with van der Waals surface area (Å²) in [5.74, 6) is 0. The highest BCUT2D eigenvalue weighted by atomic mass is 32.3. The van der Waals surface area contributed by atoms with Crippen LogP contribution in [0.5, 0.6) is 0 Å². The largest absolute Gasteiger partial charge is 0.309 e. The predicted molar refractivity (Wildman–Crippen MR) is 256 cm³/mol. The van der Waals surface area contributed by atoms with Crippen molar-refractivity contribution < 1.29 is 0 Å². The monoisotopic (exact) mass is 785 g/mol. The van der Waals surface area contributed by atoms with E-state index >= 15 is 0 Å². The van der Waals surface area contributed by atoms with Crippen molar-refractivity contribution in [3.05, 3.63) is 229 Å². The van der Waals surface area contributed by atoms with Crippen molar-refractivity contribution in [1.82, 2.24) is 0 Å². The molecule has 11 rings (SSSR count). The van der Waals surface area contributed by atoms with Crippen molar-refractivity contribution >= 4 is 50.2 Å². The van der Waals surface area contributed by atoms with Gasteiger partial charge in [0.15, 0.2) is 0 Å². The molecule has 3 heteroatoms. The average molecular weight is 786 g/mol. The van der Waals surface area contributed by atoms with Gasteiger partial charge in [-0.05, 0) is 132 Å². The van der Waals surface area contributed by atoms with Crippen LogP contribution in [0, 0.1) is 20.8 Å². The summed E-state index contributed by atoms with van der Waals surface area (Å²) in [6.45, 7) is 6.91. The minimum absolute atomic E-state index is 0.0922. The van der Waals surface area contributed by atoms with E-state index in [1.807, 2.05) is 0 Å². The Morgan fingerprint density at radius 3 is 1.45 bits per heavy atom. The lowest BCUT2D eigenvalue weighted by Gasteiger charge is -2.52. The normalized spacial score (nSPS) is 13.8. The summed E-state index contributed by atoms with van der Waals surface area (Å²) in [6.07, 6.45) is 0. The first-order valence-corrected chi connectivity index (χ1v) is 22.6. The van der Waals surface area contributed by atoms with Crippen LogP contribution in [0.1, 0.15) is 16.7 Å². The van der Waals surface area contributed by atoms with E-state index in [0.29, 0.717) is 0 Å². The van der Waals surface area contributed by atoms with Crippen LogP contribution in [-0.2, 0) is 0 Å². The molecule has 0 amide bonds. The average Bonchev–Trinajstić information content (AvgIpc) is 3.30. The molecule has 2 aliphatic heterocycles. The first kappa shape index (κ1) is 36.3. The van der Waals surface area contributed by atoms with Crippen LogP contribution >= 0.6 is 10.0 Å². The third-order valence-electron chi connectivity index (χ3n) is 12.6. The maximum Gasteiger partial charge on any atom is 0.247 e. The maximum atomic E-state index is 2.61. The highest BCUT2D eigenvalue weighted by Crippen LogP contribution is 2.79. The number of hydrogen-bond acceptors (Lipinski definition) is 1. The lowest BCUT2D eigenvalue weighted by molar-refractivity contribution is 1.12. The Balaban J connectivity index is 1.24. The molecule has 0 spiro atoms. The Morgan fingerprint density at radius 2 is 0.867 bits per heavy atom. The molecule has 60 heavy (non-hydrogen) atoms. The van der Waals surface area contributed by atoms with E-state index in [-0.39, 0.29) is 6.71 Å². The van der Waals surface area contributed by atoms with Crippen LogP contribution in [0.2, 0.25) is 0 Å². The van der Waals surface area contributed by atoms with Gasteiger partial charge >= 0.3 is 0 Å². The molecule has 9 aromatic carbocycles. The quantitative estimate of drug-likeness (QED) is 0.152. The van der Waals surface area contributed by atoms with Crippen LogP contribution < -0.4 is 21.3 Å². The third kappa shape index (κ3) is 5.64. The highest BCUT2D eigenvalue weighted by molar-refractivity contribution is 8.34. The van der Waals surface area contributed by atoms with Gasteiger partial charge in [0, 0.05) is 25.3 Å². The first-order valence-electron chi connectivity index (χ1n) is 20.9. The lowest BCUT2D eigenvalue weighted by Crippen LogP contribution is -2.59. The molecular formula is C57H44BNS. The van der Waals surface area contributed by atoms with Crippen molar-refractivity contribution in [3.63, 3.8) is 0 Å². The smallest absolute Gasteiger partial charge is 0.247 e. The molecule has 0 N–H and O–H groups in total. The van der Waals surface area contributed by atoms with Crippen LogP contribution in [0.4, 0.5) is 17.1 Å². The van der Waals surface area contributed by atoms with Gasteiger partial charge < -0.3 is 4.90 Å². The Kier molecular flexibility index (Phi) is 8.76. The van der Waals surface area contributed by atoms with E-state index in [9.17, 15) is 0 Å². The van der Waals surface area contributed by atoms with Crippen LogP contribution in [-0.4, -0.2) is 6.71 Å². The van der Waals surface area contributed by atoms with Crippen molar-refractivity contribution in [2.75, 3.05) is 4.90 Å². The second-order valence-electron chi connectivity index (χ2n) is 16.3. The molecule has 286 valence electrons. The number of anilines is 3. The topological polar surface area (TPSA) is 3.24 Å². The molecule has 9 aromatic rings. The molecule has 0 aromatic heterocycles. The zero-order valence-corrected chi connectivity index (χ0v) is 35.0. The van der Waals surface area contributed by atoms with Crippen LogP contribution in [0.15, 0.2) is 232 Å². The van der Waals surface area contributed by atoms with Crippen molar-refractivity contribution in [2.45, 2.75) is 40.4 Å². The van der Waals surface area contributed by atoms with Gasteiger partial charge in [0.05, 0.1) is 11.4 Å². The zero-order valence-electron chi connectivity index (χ0n) is 34.1. The van der Waals surface area contributed by atoms with Crippen molar-refractivity contribution in [1.29, 1.82) is 0 Å². The predicted octanol–water partition coefficient (Wildman–Crippen LogP) is 13.6. The molecule has 1 nitrogen and oxygen atoms in total. The molecule has 0 bridgehead atoms. The fraction of sp³-hybridized carbons (Fsp3) is 0.0526. The SMILES string of the molecule is Cc1cc(C)c(B2c3ccccc3N3c4ccc(-c5cc(-c6ccccc6)cc(-c6ccccc6)c5)cc4S(c4ccccc4)(c4ccccc4)c4cccc2c43)c(C)c1. The molecule has 2 aliphatic rings. The number of benzene rings is 9. The summed E-state index contributed by atoms with van der Waals surface area (Å²) in [5.41, 5.74) is 19.2. The second kappa shape index (κ2) is 14.5. The van der Waals surface area contributed by atoms with Gasteiger partial charge in [0.2, 0.25) is 6.71 Å². The van der Waals surface area contributed by atoms with Crippen molar-refractivity contribution in [3.8, 4) is 33.4 Å². The minimum Gasteiger partial charge on any atom is -0.309 e. The van der Waals surface area contributed by atoms with Crippen LogP contribution in [0.25, 0.3) is 33.4 Å². The van der Waals surface area contributed by atoms with Gasteiger partial charge in [0.1, 0.15) is 0 Å². The fourth-order valence-corrected chi connectivity index (χ4v) is 14.4. The minimum atomic E-state index is -2.04. The van der Waals surface area contributed by atoms with Gasteiger partial charge in [-0.15, -0.1) is 10.0 Å². The second-order valence-corrected chi connectivity index (χ2v) is 19.3. The Hall–Kier alpha value is -6.81. The van der Waals surface area contributed by atoms with Gasteiger partial charge in [-0.3, -0.25) is 0 Å². The molecular weight excluding hydrogens is 742 g/mol. The number of rotatable bonds is 6. The van der Waals surface area contributed by atoms with E-state index in [2.05, 4.69) is 238 Å². The van der Waals surface area contributed by atoms with Crippen LogP contribution in [0.3, 0.4) is 0 Å². The summed E-state index contributed by atoms with van der Waals surface area (Å²) < 4.78 is 0. The van der Waals surface area contributed by atoms with E-state index in [1.54, 1.807) is 0 Å². The van der Waals surface area contributed by atoms with E-state index in [0.717, 1.165) is 0 Å². The molecule has 0 saturated heterocycles. The van der Waals surface area contributed by atoms with E-state index < -0.39 is 10.0 Å². The van der Waals surface area contributed by atoms with Gasteiger partial charge in [-0.1, -0.05) is 168 Å². The molecule has 0 aliphatic carbocycles. The molecule has 0 fully saturated rings. The van der Waals surface area contributed by atoms with E-state index in [1.165, 1.54) is 103 Å². The molecule has 2 heterocycles. The highest BCUT2D eigenvalue weighted by Gasteiger charge is 2.48. The Bertz CT molecular complexity index is 2950. The van der Waals surface area contributed by atoms with E-state index in [4.69, 9.17) is 0 Å². The van der Waals surface area contributed by atoms with Gasteiger partial charge in [-0.2, -0.15) is 0 Å². The van der Waals surface area contributed by atoms with Crippen molar-refractivity contribution in [2.24, 2.45) is 0 Å². The third-order valence-corrected chi connectivity index (χ3v) is 16.5. The summed E-state index contributed by atoms with van der Waals surface area (Å²) in [6, 6.07) is 79.8. The standard InChI is InChI=1S/C57H44BNS/c1-39-33-40(2)56(41(3)34-39)58-50-27-16-17-29-52(50)59-53-32-31-44(47-36-45(42-19-8-4-9-20-42)35-46(37-47)43-21-10-5-11-22-43)38-55(53)60(48-23-12-6-13-24-48,49-25-14-7-15-26-49)54-30-18-28-51(58)57(54)59/h4-38H,1-3H3. The molecule has 0 atom stereocenters. The summed E-state index contributed by atoms with van der Waals surface area (Å²) in [5, 5.41) is 0. The number of fused-ring (bicyclic) bond motifs is 4. The number of para-hydroxylation sites is 2. The molecule has 0 radical (unpaired) electrons. The number of aryl methyl sites for hydroxylation is 3. The lowest BCUT2D eigenvalue weighted by atomic mass is 9.34. The fourth-order valence-electron chi connectivity index (χ4n) is 10.2. The zero-order chi connectivity index (χ0) is 40.4. The number of nitrogens with zero attached hydrogens (tertiary/aromatic N) is 1. The summed E-state index contributed by atoms with van der Waals surface area (Å²) in [4.78, 5) is 8.02. The first-order chi connectivity index (χ1) is 29.5. The summed E-state index contributed by atoms with van der Waals surface area (Å²) >= 11 is 0. The Morgan fingerprint density at radius 1 is 0.367 bits per heavy atom.